The van der Waals surface area contributed by atoms with Crippen LogP contribution in [-0.4, -0.2) is 17.6 Å². The number of aliphatic hydroxyl groups is 1. The normalized spacial score (nSPS) is 13.8. The van der Waals surface area contributed by atoms with E-state index in [1.807, 2.05) is 0 Å². The Balaban J connectivity index is 2.08. The van der Waals surface area contributed by atoms with Crippen molar-refractivity contribution in [2.24, 2.45) is 0 Å². The minimum atomic E-state index is -1.39. The van der Waals surface area contributed by atoms with Gasteiger partial charge in [-0.1, -0.05) is 11.6 Å². The third kappa shape index (κ3) is 3.62. The van der Waals surface area contributed by atoms with E-state index in [0.29, 0.717) is 11.5 Å². The molecule has 2 aromatic rings. The first-order valence-corrected chi connectivity index (χ1v) is 6.70. The van der Waals surface area contributed by atoms with E-state index in [-0.39, 0.29) is 17.1 Å². The van der Waals surface area contributed by atoms with Crippen molar-refractivity contribution in [3.05, 3.63) is 58.3 Å². The lowest BCUT2D eigenvalue weighted by Crippen LogP contribution is -2.38. The van der Waals surface area contributed by atoms with Crippen molar-refractivity contribution in [2.45, 2.75) is 19.4 Å². The van der Waals surface area contributed by atoms with Crippen LogP contribution in [0.5, 0.6) is 0 Å². The Labute approximate surface area is 126 Å². The second-order valence-corrected chi connectivity index (χ2v) is 5.43. The topological polar surface area (TPSA) is 62.5 Å². The van der Waals surface area contributed by atoms with Gasteiger partial charge in [0.2, 0.25) is 0 Å². The molecule has 112 valence electrons. The minimum absolute atomic E-state index is 0.120. The summed E-state index contributed by atoms with van der Waals surface area (Å²) < 4.78 is 18.9. The van der Waals surface area contributed by atoms with Gasteiger partial charge in [-0.3, -0.25) is 4.79 Å². The van der Waals surface area contributed by atoms with E-state index in [4.69, 9.17) is 16.0 Å². The van der Waals surface area contributed by atoms with Gasteiger partial charge in [0.1, 0.15) is 22.9 Å². The first-order chi connectivity index (χ1) is 9.79. The Morgan fingerprint density at radius 2 is 2.14 bits per heavy atom. The molecule has 21 heavy (non-hydrogen) atoms. The highest BCUT2D eigenvalue weighted by molar-refractivity contribution is 6.31. The minimum Gasteiger partial charge on any atom is -0.463 e. The molecule has 1 aromatic heterocycles. The van der Waals surface area contributed by atoms with Crippen LogP contribution in [0.15, 0.2) is 34.7 Å². The van der Waals surface area contributed by atoms with Gasteiger partial charge in [-0.15, -0.1) is 0 Å². The van der Waals surface area contributed by atoms with E-state index in [1.165, 1.54) is 19.1 Å². The molecule has 0 aliphatic carbocycles. The van der Waals surface area contributed by atoms with E-state index in [9.17, 15) is 14.3 Å². The summed E-state index contributed by atoms with van der Waals surface area (Å²) in [5.41, 5.74) is -1.56. The Morgan fingerprint density at radius 1 is 1.43 bits per heavy atom. The molecule has 0 bridgehead atoms. The SMILES string of the molecule is Cc1ccc(C(C)(O)CNC(=O)c2cc(Cl)ccc2F)o1. The van der Waals surface area contributed by atoms with Crippen LogP contribution >= 0.6 is 11.6 Å². The smallest absolute Gasteiger partial charge is 0.254 e. The Kier molecular flexibility index (Phi) is 4.34. The molecule has 0 saturated heterocycles. The maximum atomic E-state index is 13.6. The van der Waals surface area contributed by atoms with Crippen molar-refractivity contribution in [3.63, 3.8) is 0 Å². The highest BCUT2D eigenvalue weighted by atomic mass is 35.5. The second-order valence-electron chi connectivity index (χ2n) is 4.99. The van der Waals surface area contributed by atoms with Gasteiger partial charge < -0.3 is 14.8 Å². The molecule has 0 fully saturated rings. The second kappa shape index (κ2) is 5.87. The van der Waals surface area contributed by atoms with Crippen LogP contribution in [0.1, 0.15) is 28.8 Å². The predicted octanol–water partition coefficient (Wildman–Crippen LogP) is 3.02. The molecule has 0 aliphatic rings. The lowest BCUT2D eigenvalue weighted by atomic mass is 10.0. The number of amides is 1. The number of nitrogens with one attached hydrogen (secondary N) is 1. The van der Waals surface area contributed by atoms with Crippen molar-refractivity contribution in [1.29, 1.82) is 0 Å². The van der Waals surface area contributed by atoms with Crippen molar-refractivity contribution in [1.82, 2.24) is 5.32 Å². The van der Waals surface area contributed by atoms with Crippen LogP contribution in [0, 0.1) is 12.7 Å². The molecule has 0 radical (unpaired) electrons. The van der Waals surface area contributed by atoms with E-state index in [0.717, 1.165) is 6.07 Å². The van der Waals surface area contributed by atoms with E-state index in [1.54, 1.807) is 19.1 Å². The molecule has 0 saturated carbocycles. The zero-order valence-corrected chi connectivity index (χ0v) is 12.4. The highest BCUT2D eigenvalue weighted by Gasteiger charge is 2.28. The number of halogens is 2. The highest BCUT2D eigenvalue weighted by Crippen LogP contribution is 2.22. The molecule has 2 rings (SSSR count). The third-order valence-electron chi connectivity index (χ3n) is 3.04. The molecular weight excluding hydrogens is 297 g/mol. The van der Waals surface area contributed by atoms with Gasteiger partial charge in [0.25, 0.3) is 5.91 Å². The first kappa shape index (κ1) is 15.5. The van der Waals surface area contributed by atoms with Gasteiger partial charge in [-0.2, -0.15) is 0 Å². The van der Waals surface area contributed by atoms with E-state index < -0.39 is 17.3 Å². The monoisotopic (exact) mass is 311 g/mol. The fraction of sp³-hybridized carbons (Fsp3) is 0.267. The summed E-state index contributed by atoms with van der Waals surface area (Å²) in [5.74, 6) is -0.353. The largest absolute Gasteiger partial charge is 0.463 e. The molecule has 1 aromatic carbocycles. The summed E-state index contributed by atoms with van der Waals surface area (Å²) in [4.78, 5) is 11.9. The molecule has 0 aliphatic heterocycles. The van der Waals surface area contributed by atoms with Crippen LogP contribution in [0.2, 0.25) is 5.02 Å². The summed E-state index contributed by atoms with van der Waals surface area (Å²) >= 11 is 5.74. The Bertz CT molecular complexity index is 667. The zero-order chi connectivity index (χ0) is 15.6. The summed E-state index contributed by atoms with van der Waals surface area (Å²) in [6, 6.07) is 7.04. The Hall–Kier alpha value is -1.85. The third-order valence-corrected chi connectivity index (χ3v) is 3.27. The predicted molar refractivity (Wildman–Crippen MR) is 76.8 cm³/mol. The molecule has 1 amide bonds. The molecule has 1 atom stereocenters. The van der Waals surface area contributed by atoms with Crippen molar-refractivity contribution < 1.29 is 18.7 Å². The number of furan rings is 1. The average molecular weight is 312 g/mol. The van der Waals surface area contributed by atoms with Crippen LogP contribution < -0.4 is 5.32 Å². The summed E-state index contributed by atoms with van der Waals surface area (Å²) in [6.07, 6.45) is 0. The number of carbonyl (C=O) groups is 1. The molecule has 4 nitrogen and oxygen atoms in total. The number of hydrogen-bond donors (Lipinski definition) is 2. The lowest BCUT2D eigenvalue weighted by molar-refractivity contribution is 0.0322. The first-order valence-electron chi connectivity index (χ1n) is 6.32. The van der Waals surface area contributed by atoms with E-state index in [2.05, 4.69) is 5.32 Å². The van der Waals surface area contributed by atoms with Gasteiger partial charge in [-0.25, -0.2) is 4.39 Å². The van der Waals surface area contributed by atoms with Crippen molar-refractivity contribution in [2.75, 3.05) is 6.54 Å². The van der Waals surface area contributed by atoms with Crippen LogP contribution in [0.4, 0.5) is 4.39 Å². The number of aryl methyl sites for hydroxylation is 1. The molecule has 1 unspecified atom stereocenters. The van der Waals surface area contributed by atoms with E-state index >= 15 is 0 Å². The molecule has 1 heterocycles. The number of hydrogen-bond acceptors (Lipinski definition) is 3. The maximum absolute atomic E-state index is 13.6. The van der Waals surface area contributed by atoms with Crippen LogP contribution in [0.25, 0.3) is 0 Å². The summed E-state index contributed by atoms with van der Waals surface area (Å²) in [5, 5.41) is 13.0. The van der Waals surface area contributed by atoms with Gasteiger partial charge in [0.05, 0.1) is 12.1 Å². The van der Waals surface area contributed by atoms with Gasteiger partial charge >= 0.3 is 0 Å². The summed E-state index contributed by atoms with van der Waals surface area (Å²) in [6.45, 7) is 3.13. The standard InChI is InChI=1S/C15H15ClFNO3/c1-9-3-6-13(21-9)15(2,20)8-18-14(19)11-7-10(16)4-5-12(11)17/h3-7,20H,8H2,1-2H3,(H,18,19). The van der Waals surface area contributed by atoms with Gasteiger partial charge in [-0.05, 0) is 44.2 Å². The molecular formula is C15H15ClFNO3. The number of benzene rings is 1. The average Bonchev–Trinajstić information content (AvgIpc) is 2.86. The van der Waals surface area contributed by atoms with Crippen LogP contribution in [0.3, 0.4) is 0 Å². The lowest BCUT2D eigenvalue weighted by Gasteiger charge is -2.21. The van der Waals surface area contributed by atoms with Crippen LogP contribution in [-0.2, 0) is 5.60 Å². The summed E-state index contributed by atoms with van der Waals surface area (Å²) in [7, 11) is 0. The van der Waals surface area contributed by atoms with Crippen molar-refractivity contribution >= 4 is 17.5 Å². The molecule has 6 heteroatoms. The maximum Gasteiger partial charge on any atom is 0.254 e. The quantitative estimate of drug-likeness (QED) is 0.912. The number of carbonyl (C=O) groups excluding carboxylic acids is 1. The molecule has 0 spiro atoms. The fourth-order valence-corrected chi connectivity index (χ4v) is 2.00. The molecule has 2 N–H and O–H groups in total. The number of rotatable bonds is 4. The van der Waals surface area contributed by atoms with Gasteiger partial charge in [0.15, 0.2) is 0 Å². The fourth-order valence-electron chi connectivity index (χ4n) is 1.83. The zero-order valence-electron chi connectivity index (χ0n) is 11.6. The van der Waals surface area contributed by atoms with Crippen molar-refractivity contribution in [3.8, 4) is 0 Å². The Morgan fingerprint density at radius 3 is 2.76 bits per heavy atom. The van der Waals surface area contributed by atoms with Gasteiger partial charge in [0, 0.05) is 5.02 Å².